The van der Waals surface area contributed by atoms with Crippen LogP contribution >= 0.6 is 22.9 Å². The van der Waals surface area contributed by atoms with Gasteiger partial charge in [-0.15, -0.1) is 11.3 Å². The zero-order valence-corrected chi connectivity index (χ0v) is 14.0. The number of piperazine rings is 1. The van der Waals surface area contributed by atoms with Gasteiger partial charge in [0, 0.05) is 38.3 Å². The van der Waals surface area contributed by atoms with E-state index in [0.717, 1.165) is 17.4 Å². The van der Waals surface area contributed by atoms with Gasteiger partial charge in [-0.2, -0.15) is 4.31 Å². The first kappa shape index (κ1) is 16.6. The summed E-state index contributed by atoms with van der Waals surface area (Å²) in [6.45, 7) is 6.18. The first-order chi connectivity index (χ1) is 9.73. The Morgan fingerprint density at radius 2 is 1.90 bits per heavy atom. The zero-order valence-electron chi connectivity index (χ0n) is 11.7. The molecule has 0 saturated carbocycles. The van der Waals surface area contributed by atoms with Crippen molar-refractivity contribution in [2.45, 2.75) is 24.1 Å². The minimum Gasteiger partial charge on any atom is -0.298 e. The Hall–Kier alpha value is -0.740. The maximum atomic E-state index is 12.5. The highest BCUT2D eigenvalue weighted by Crippen LogP contribution is 2.37. The van der Waals surface area contributed by atoms with E-state index in [2.05, 4.69) is 18.7 Å². The van der Waals surface area contributed by atoms with E-state index in [0.29, 0.717) is 32.2 Å². The van der Waals surface area contributed by atoms with Crippen LogP contribution < -0.4 is 0 Å². The van der Waals surface area contributed by atoms with Crippen molar-refractivity contribution in [1.29, 1.82) is 0 Å². The van der Waals surface area contributed by atoms with Crippen LogP contribution in [0.4, 0.5) is 5.69 Å². The zero-order chi connectivity index (χ0) is 15.8. The molecule has 1 fully saturated rings. The van der Waals surface area contributed by atoms with Gasteiger partial charge >= 0.3 is 0 Å². The van der Waals surface area contributed by atoms with Crippen LogP contribution in [0.5, 0.6) is 0 Å². The summed E-state index contributed by atoms with van der Waals surface area (Å²) >= 11 is 6.47. The van der Waals surface area contributed by atoms with Crippen LogP contribution in [0.25, 0.3) is 0 Å². The monoisotopic (exact) mass is 353 g/mol. The lowest BCUT2D eigenvalue weighted by Crippen LogP contribution is -2.50. The molecular formula is C11H16ClN3O4S2. The average Bonchev–Trinajstić information content (AvgIpc) is 2.82. The van der Waals surface area contributed by atoms with Gasteiger partial charge in [-0.05, 0) is 13.8 Å². The Kier molecular flexibility index (Phi) is 4.89. The lowest BCUT2D eigenvalue weighted by molar-refractivity contribution is -0.384. The molecule has 0 aliphatic carbocycles. The number of hydrogen-bond donors (Lipinski definition) is 0. The number of sulfonamides is 1. The fraction of sp³-hybridized carbons (Fsp3) is 0.636. The van der Waals surface area contributed by atoms with Gasteiger partial charge in [0.2, 0.25) is 0 Å². The van der Waals surface area contributed by atoms with E-state index in [1.165, 1.54) is 4.31 Å². The van der Waals surface area contributed by atoms with Crippen molar-refractivity contribution in [3.8, 4) is 0 Å². The van der Waals surface area contributed by atoms with Crippen LogP contribution in [0.2, 0.25) is 4.34 Å². The lowest BCUT2D eigenvalue weighted by atomic mass is 10.3. The summed E-state index contributed by atoms with van der Waals surface area (Å²) in [5.74, 6) is 0. The van der Waals surface area contributed by atoms with Crippen molar-refractivity contribution in [3.05, 3.63) is 20.5 Å². The van der Waals surface area contributed by atoms with Crippen molar-refractivity contribution in [1.82, 2.24) is 9.21 Å². The SMILES string of the molecule is CC(C)N1CCN(S(=O)(=O)c2cc([N+](=O)[O-])c(Cl)s2)CC1. The maximum Gasteiger partial charge on any atom is 0.300 e. The minimum atomic E-state index is -3.71. The minimum absolute atomic E-state index is 0.0720. The molecule has 2 rings (SSSR count). The molecule has 7 nitrogen and oxygen atoms in total. The van der Waals surface area contributed by atoms with E-state index in [4.69, 9.17) is 11.6 Å². The molecule has 0 amide bonds. The number of halogens is 1. The van der Waals surface area contributed by atoms with Gasteiger partial charge in [0.15, 0.2) is 4.34 Å². The molecule has 0 radical (unpaired) electrons. The van der Waals surface area contributed by atoms with E-state index < -0.39 is 14.9 Å². The van der Waals surface area contributed by atoms with Crippen molar-refractivity contribution < 1.29 is 13.3 Å². The molecule has 0 atom stereocenters. The molecule has 10 heteroatoms. The standard InChI is InChI=1S/C11H16ClN3O4S2/c1-8(2)13-3-5-14(6-4-13)21(18,19)10-7-9(15(16)17)11(12)20-10/h7-8H,3-6H2,1-2H3. The van der Waals surface area contributed by atoms with Crippen LogP contribution in [0.15, 0.2) is 10.3 Å². The predicted molar refractivity (Wildman–Crippen MR) is 81.5 cm³/mol. The highest BCUT2D eigenvalue weighted by Gasteiger charge is 2.33. The second kappa shape index (κ2) is 6.17. The van der Waals surface area contributed by atoms with E-state index in [-0.39, 0.29) is 14.2 Å². The third-order valence-corrected chi connectivity index (χ3v) is 7.13. The Balaban J connectivity index is 2.20. The highest BCUT2D eigenvalue weighted by molar-refractivity contribution is 7.91. The largest absolute Gasteiger partial charge is 0.300 e. The molecule has 0 bridgehead atoms. The summed E-state index contributed by atoms with van der Waals surface area (Å²) in [7, 11) is -3.71. The van der Waals surface area contributed by atoms with E-state index in [1.807, 2.05) is 0 Å². The number of rotatable bonds is 4. The van der Waals surface area contributed by atoms with Crippen LogP contribution in [0.1, 0.15) is 13.8 Å². The molecule has 0 spiro atoms. The van der Waals surface area contributed by atoms with E-state index >= 15 is 0 Å². The van der Waals surface area contributed by atoms with Gasteiger partial charge in [0.1, 0.15) is 4.21 Å². The second-order valence-electron chi connectivity index (χ2n) is 5.02. The third kappa shape index (κ3) is 3.37. The molecule has 21 heavy (non-hydrogen) atoms. The normalized spacial score (nSPS) is 18.3. The number of nitro groups is 1. The van der Waals surface area contributed by atoms with Crippen LogP contribution in [0.3, 0.4) is 0 Å². The molecule has 0 aromatic carbocycles. The molecule has 1 aliphatic heterocycles. The lowest BCUT2D eigenvalue weighted by Gasteiger charge is -2.35. The summed E-state index contributed by atoms with van der Waals surface area (Å²) in [5.41, 5.74) is -0.360. The predicted octanol–water partition coefficient (Wildman–Crippen LogP) is 2.02. The first-order valence-electron chi connectivity index (χ1n) is 6.41. The Morgan fingerprint density at radius 3 is 2.33 bits per heavy atom. The van der Waals surface area contributed by atoms with Crippen molar-refractivity contribution in [3.63, 3.8) is 0 Å². The summed E-state index contributed by atoms with van der Waals surface area (Å²) in [5, 5.41) is 10.8. The van der Waals surface area contributed by atoms with E-state index in [9.17, 15) is 18.5 Å². The fourth-order valence-electron chi connectivity index (χ4n) is 2.18. The first-order valence-corrected chi connectivity index (χ1v) is 9.05. The topological polar surface area (TPSA) is 83.8 Å². The van der Waals surface area contributed by atoms with Crippen LogP contribution in [0, 0.1) is 10.1 Å². The van der Waals surface area contributed by atoms with Crippen molar-refractivity contribution >= 4 is 38.6 Å². The maximum absolute atomic E-state index is 12.5. The molecule has 1 aliphatic rings. The summed E-state index contributed by atoms with van der Waals surface area (Å²) < 4.78 is 26.2. The summed E-state index contributed by atoms with van der Waals surface area (Å²) in [6, 6.07) is 1.41. The van der Waals surface area contributed by atoms with Gasteiger partial charge in [0.25, 0.3) is 15.7 Å². The van der Waals surface area contributed by atoms with Crippen molar-refractivity contribution in [2.75, 3.05) is 26.2 Å². The molecule has 1 aromatic rings. The Morgan fingerprint density at radius 1 is 1.33 bits per heavy atom. The number of hydrogen-bond acceptors (Lipinski definition) is 6. The molecular weight excluding hydrogens is 338 g/mol. The fourth-order valence-corrected chi connectivity index (χ4v) is 5.42. The molecule has 0 unspecified atom stereocenters. The van der Waals surface area contributed by atoms with Gasteiger partial charge in [-0.25, -0.2) is 8.42 Å². The molecule has 118 valence electrons. The van der Waals surface area contributed by atoms with Gasteiger partial charge in [-0.1, -0.05) is 11.6 Å². The summed E-state index contributed by atoms with van der Waals surface area (Å²) in [4.78, 5) is 12.3. The van der Waals surface area contributed by atoms with Crippen LogP contribution in [-0.4, -0.2) is 54.8 Å². The Labute approximate surface area is 132 Å². The van der Waals surface area contributed by atoms with Crippen LogP contribution in [-0.2, 0) is 10.0 Å². The molecule has 1 saturated heterocycles. The molecule has 0 N–H and O–H groups in total. The smallest absolute Gasteiger partial charge is 0.298 e. The molecule has 1 aromatic heterocycles. The van der Waals surface area contributed by atoms with Gasteiger partial charge in [0.05, 0.1) is 4.92 Å². The third-order valence-electron chi connectivity index (χ3n) is 3.44. The van der Waals surface area contributed by atoms with Gasteiger partial charge in [-0.3, -0.25) is 15.0 Å². The average molecular weight is 354 g/mol. The number of nitrogens with zero attached hydrogens (tertiary/aromatic N) is 3. The second-order valence-corrected chi connectivity index (χ2v) is 8.83. The summed E-state index contributed by atoms with van der Waals surface area (Å²) in [6.07, 6.45) is 0. The number of thiophene rings is 1. The van der Waals surface area contributed by atoms with Gasteiger partial charge < -0.3 is 0 Å². The van der Waals surface area contributed by atoms with Crippen molar-refractivity contribution in [2.24, 2.45) is 0 Å². The Bertz CT molecular complexity index is 636. The van der Waals surface area contributed by atoms with E-state index in [1.54, 1.807) is 0 Å². The molecule has 2 heterocycles. The quantitative estimate of drug-likeness (QED) is 0.610. The highest BCUT2D eigenvalue weighted by atomic mass is 35.5.